The molecular formula is C29H40FN3O11S. The van der Waals surface area contributed by atoms with Crippen molar-refractivity contribution in [3.8, 4) is 0 Å². The van der Waals surface area contributed by atoms with Gasteiger partial charge in [0.15, 0.2) is 0 Å². The van der Waals surface area contributed by atoms with Crippen molar-refractivity contribution in [2.24, 2.45) is 0 Å². The Kier molecular flexibility index (Phi) is 11.8. The molecule has 1 aromatic carbocycles. The van der Waals surface area contributed by atoms with E-state index in [1.165, 1.54) is 12.1 Å². The molecule has 2 aliphatic heterocycles. The molecule has 14 nitrogen and oxygen atoms in total. The third-order valence-corrected chi connectivity index (χ3v) is 8.80. The molecule has 0 unspecified atom stereocenters. The average molecular weight is 658 g/mol. The molecule has 1 N–H and O–H groups in total. The van der Waals surface area contributed by atoms with Crippen LogP contribution in [0.25, 0.3) is 0 Å². The quantitative estimate of drug-likeness (QED) is 0.221. The predicted molar refractivity (Wildman–Crippen MR) is 158 cm³/mol. The second-order valence-corrected chi connectivity index (χ2v) is 14.2. The highest BCUT2D eigenvalue weighted by molar-refractivity contribution is 7.91. The van der Waals surface area contributed by atoms with Gasteiger partial charge in [-0.3, -0.25) is 9.69 Å². The van der Waals surface area contributed by atoms with E-state index in [4.69, 9.17) is 18.9 Å². The van der Waals surface area contributed by atoms with Crippen molar-refractivity contribution in [2.75, 3.05) is 36.3 Å². The van der Waals surface area contributed by atoms with Crippen molar-refractivity contribution in [1.29, 1.82) is 0 Å². The van der Waals surface area contributed by atoms with Crippen LogP contribution in [0.3, 0.4) is 0 Å². The van der Waals surface area contributed by atoms with Crippen LogP contribution in [0.2, 0.25) is 0 Å². The number of carbonyl (C=O) groups excluding carboxylic acids is 5. The number of anilines is 1. The summed E-state index contributed by atoms with van der Waals surface area (Å²) in [5.74, 6) is -2.48. The van der Waals surface area contributed by atoms with Crippen LogP contribution < -0.4 is 10.2 Å². The number of alkyl carbamates (subject to hydrolysis) is 1. The summed E-state index contributed by atoms with van der Waals surface area (Å²) in [6.07, 6.45) is -2.41. The molecule has 16 heteroatoms. The minimum absolute atomic E-state index is 0.0127. The number of hydrogen-bond acceptors (Lipinski definition) is 11. The highest BCUT2D eigenvalue weighted by Crippen LogP contribution is 2.33. The maximum atomic E-state index is 15.0. The van der Waals surface area contributed by atoms with Gasteiger partial charge in [-0.2, -0.15) is 0 Å². The van der Waals surface area contributed by atoms with Gasteiger partial charge in [-0.15, -0.1) is 0 Å². The first-order valence-corrected chi connectivity index (χ1v) is 16.4. The Morgan fingerprint density at radius 2 is 1.82 bits per heavy atom. The number of benzene rings is 1. The standard InChI is InChI=1S/C29H40FN3O11S/c1-6-7-24(31-26(36)44-29(3,4)5)25(35)41-17-42-27(37)32(18(2)34)15-21-16-33(28(38)43-21)20-8-9-22(23(30)14-20)19-10-12-45(39,40)13-11-19/h8-9,14,19,21,24H,6-7,10-13,15-17H2,1-5H3,(H,31,36)/t21-,24-/m0/s1. The van der Waals surface area contributed by atoms with Crippen LogP contribution in [0.4, 0.5) is 24.5 Å². The summed E-state index contributed by atoms with van der Waals surface area (Å²) in [6, 6.07) is 3.15. The number of esters is 1. The van der Waals surface area contributed by atoms with Crippen LogP contribution in [-0.4, -0.2) is 92.6 Å². The van der Waals surface area contributed by atoms with Crippen molar-refractivity contribution in [2.45, 2.75) is 84.0 Å². The molecule has 0 radical (unpaired) electrons. The molecule has 2 aliphatic rings. The minimum Gasteiger partial charge on any atom is -0.444 e. The summed E-state index contributed by atoms with van der Waals surface area (Å²) in [5, 5.41) is 2.41. The number of cyclic esters (lactones) is 1. The normalized spacial score (nSPS) is 18.8. The van der Waals surface area contributed by atoms with Gasteiger partial charge in [0.05, 0.1) is 30.3 Å². The zero-order valence-electron chi connectivity index (χ0n) is 26.0. The SMILES string of the molecule is CCC[C@H](NC(=O)OC(C)(C)C)C(=O)OCOC(=O)N(C[C@H]1CN(c2ccc(C3CCS(=O)(=O)CC3)c(F)c2)C(=O)O1)C(C)=O. The molecular weight excluding hydrogens is 617 g/mol. The predicted octanol–water partition coefficient (Wildman–Crippen LogP) is 3.62. The summed E-state index contributed by atoms with van der Waals surface area (Å²) >= 11 is 0. The fraction of sp³-hybridized carbons (Fsp3) is 0.621. The summed E-state index contributed by atoms with van der Waals surface area (Å²) in [7, 11) is -3.11. The smallest absolute Gasteiger partial charge is 0.419 e. The summed E-state index contributed by atoms with van der Waals surface area (Å²) in [5.41, 5.74) is -0.228. The van der Waals surface area contributed by atoms with E-state index in [9.17, 15) is 32.4 Å². The van der Waals surface area contributed by atoms with Crippen molar-refractivity contribution in [1.82, 2.24) is 10.2 Å². The van der Waals surface area contributed by atoms with Crippen LogP contribution in [0.1, 0.15) is 71.8 Å². The fourth-order valence-electron chi connectivity index (χ4n) is 4.88. The third-order valence-electron chi connectivity index (χ3n) is 7.09. The number of amides is 4. The second-order valence-electron chi connectivity index (χ2n) is 11.9. The Hall–Kier alpha value is -3.95. The lowest BCUT2D eigenvalue weighted by atomic mass is 9.93. The zero-order chi connectivity index (χ0) is 33.5. The Labute approximate surface area is 261 Å². The maximum absolute atomic E-state index is 15.0. The third kappa shape index (κ3) is 10.3. The van der Waals surface area contributed by atoms with E-state index in [1.807, 2.05) is 0 Å². The lowest BCUT2D eigenvalue weighted by Crippen LogP contribution is -2.45. The van der Waals surface area contributed by atoms with Crippen molar-refractivity contribution in [3.63, 3.8) is 0 Å². The number of imide groups is 1. The summed E-state index contributed by atoms with van der Waals surface area (Å²) in [4.78, 5) is 63.8. The van der Waals surface area contributed by atoms with Gasteiger partial charge in [-0.05, 0) is 63.6 Å². The van der Waals surface area contributed by atoms with Crippen molar-refractivity contribution < 1.29 is 55.7 Å². The average Bonchev–Trinajstić information content (AvgIpc) is 3.30. The molecule has 2 saturated heterocycles. The van der Waals surface area contributed by atoms with Crippen LogP contribution in [0.15, 0.2) is 18.2 Å². The van der Waals surface area contributed by atoms with Gasteiger partial charge in [0.25, 0.3) is 0 Å². The molecule has 1 aromatic rings. The van der Waals surface area contributed by atoms with Gasteiger partial charge < -0.3 is 24.3 Å². The zero-order valence-corrected chi connectivity index (χ0v) is 26.8. The van der Waals surface area contributed by atoms with Gasteiger partial charge in [0.1, 0.15) is 33.4 Å². The monoisotopic (exact) mass is 657 g/mol. The second kappa shape index (κ2) is 14.9. The number of ether oxygens (including phenoxy) is 4. The molecule has 3 rings (SSSR count). The number of hydrogen-bond donors (Lipinski definition) is 1. The molecule has 250 valence electrons. The first kappa shape index (κ1) is 35.5. The first-order chi connectivity index (χ1) is 21.0. The first-order valence-electron chi connectivity index (χ1n) is 14.6. The van der Waals surface area contributed by atoms with Gasteiger partial charge in [-0.25, -0.2) is 36.9 Å². The number of rotatable bonds is 10. The van der Waals surface area contributed by atoms with E-state index in [1.54, 1.807) is 27.7 Å². The largest absolute Gasteiger partial charge is 0.444 e. The molecule has 2 atom stereocenters. The molecule has 2 heterocycles. The topological polar surface area (TPSA) is 175 Å². The van der Waals surface area contributed by atoms with E-state index in [2.05, 4.69) is 5.32 Å². The Bertz CT molecular complexity index is 1380. The molecule has 0 spiro atoms. The number of halogens is 1. The van der Waals surface area contributed by atoms with Crippen molar-refractivity contribution in [3.05, 3.63) is 29.6 Å². The van der Waals surface area contributed by atoms with Crippen LogP contribution in [0.5, 0.6) is 0 Å². The maximum Gasteiger partial charge on any atom is 0.419 e. The Morgan fingerprint density at radius 3 is 2.40 bits per heavy atom. The number of nitrogens with zero attached hydrogens (tertiary/aromatic N) is 2. The minimum atomic E-state index is -3.11. The van der Waals surface area contributed by atoms with E-state index in [0.717, 1.165) is 17.9 Å². The van der Waals surface area contributed by atoms with Crippen LogP contribution >= 0.6 is 0 Å². The number of sulfone groups is 1. The van der Waals surface area contributed by atoms with Crippen molar-refractivity contribution >= 4 is 45.7 Å². The van der Waals surface area contributed by atoms with E-state index in [-0.39, 0.29) is 42.6 Å². The Morgan fingerprint density at radius 1 is 1.16 bits per heavy atom. The van der Waals surface area contributed by atoms with Gasteiger partial charge in [0.2, 0.25) is 12.7 Å². The summed E-state index contributed by atoms with van der Waals surface area (Å²) < 4.78 is 58.8. The lowest BCUT2D eigenvalue weighted by molar-refractivity contribution is -0.155. The summed E-state index contributed by atoms with van der Waals surface area (Å²) in [6.45, 7) is 6.52. The number of carbonyl (C=O) groups is 5. The van der Waals surface area contributed by atoms with E-state index >= 15 is 4.39 Å². The molecule has 0 bridgehead atoms. The molecule has 0 saturated carbocycles. The van der Waals surface area contributed by atoms with Crippen LogP contribution in [-0.2, 0) is 38.4 Å². The molecule has 4 amide bonds. The lowest BCUT2D eigenvalue weighted by Gasteiger charge is -2.24. The molecule has 45 heavy (non-hydrogen) atoms. The van der Waals surface area contributed by atoms with Gasteiger partial charge in [0, 0.05) is 6.92 Å². The van der Waals surface area contributed by atoms with Gasteiger partial charge >= 0.3 is 24.2 Å². The van der Waals surface area contributed by atoms with E-state index < -0.39 is 70.4 Å². The molecule has 0 aromatic heterocycles. The fourth-order valence-corrected chi connectivity index (χ4v) is 6.37. The highest BCUT2D eigenvalue weighted by Gasteiger charge is 2.37. The molecule has 2 fully saturated rings. The van der Waals surface area contributed by atoms with E-state index in [0.29, 0.717) is 29.7 Å². The van der Waals surface area contributed by atoms with Gasteiger partial charge in [-0.1, -0.05) is 19.4 Å². The number of nitrogens with one attached hydrogen (secondary N) is 1. The van der Waals surface area contributed by atoms with Crippen LogP contribution in [0, 0.1) is 5.82 Å². The molecule has 0 aliphatic carbocycles. The highest BCUT2D eigenvalue weighted by atomic mass is 32.2. The Balaban J connectivity index is 1.55.